The zero-order chi connectivity index (χ0) is 23.4. The van der Waals surface area contributed by atoms with Crippen LogP contribution in [0.5, 0.6) is 0 Å². The highest BCUT2D eigenvalue weighted by Gasteiger charge is 2.23. The van der Waals surface area contributed by atoms with Crippen molar-refractivity contribution in [1.82, 2.24) is 4.90 Å². The predicted octanol–water partition coefficient (Wildman–Crippen LogP) is 3.75. The van der Waals surface area contributed by atoms with Crippen molar-refractivity contribution in [2.24, 2.45) is 0 Å². The average Bonchev–Trinajstić information content (AvgIpc) is 2.83. The minimum atomic E-state index is -3.57. The normalized spacial score (nSPS) is 14.2. The molecule has 1 aliphatic heterocycles. The number of carbonyl (C=O) groups excluding carboxylic acids is 1. The largest absolute Gasteiger partial charge is 0.368 e. The number of hydrogen-bond donors (Lipinski definition) is 0. The van der Waals surface area contributed by atoms with Gasteiger partial charge in [-0.25, -0.2) is 12.8 Å². The molecular formula is C25H26FN3O3S. The first-order valence-corrected chi connectivity index (χ1v) is 12.6. The smallest absolute Gasteiger partial charge is 0.253 e. The van der Waals surface area contributed by atoms with Crippen LogP contribution in [0.25, 0.3) is 0 Å². The third-order valence-corrected chi connectivity index (χ3v) is 6.87. The van der Waals surface area contributed by atoms with Gasteiger partial charge in [-0.1, -0.05) is 30.3 Å². The van der Waals surface area contributed by atoms with Gasteiger partial charge in [0.2, 0.25) is 10.0 Å². The summed E-state index contributed by atoms with van der Waals surface area (Å²) in [4.78, 5) is 17.1. The number of anilines is 2. The SMILES string of the molecule is CS(=O)(=O)N(Cc1ccc(F)cc1)c1ccc(C(=O)N2CCN(c3ccccc3)CC2)cc1. The van der Waals surface area contributed by atoms with E-state index in [-0.39, 0.29) is 18.3 Å². The summed E-state index contributed by atoms with van der Waals surface area (Å²) < 4.78 is 39.2. The summed E-state index contributed by atoms with van der Waals surface area (Å²) in [7, 11) is -3.57. The van der Waals surface area contributed by atoms with Crippen molar-refractivity contribution < 1.29 is 17.6 Å². The monoisotopic (exact) mass is 467 g/mol. The second-order valence-corrected chi connectivity index (χ2v) is 9.96. The van der Waals surface area contributed by atoms with E-state index >= 15 is 0 Å². The van der Waals surface area contributed by atoms with Crippen LogP contribution in [0.4, 0.5) is 15.8 Å². The van der Waals surface area contributed by atoms with Gasteiger partial charge in [-0.2, -0.15) is 0 Å². The zero-order valence-corrected chi connectivity index (χ0v) is 19.2. The fourth-order valence-corrected chi connectivity index (χ4v) is 4.80. The van der Waals surface area contributed by atoms with Crippen LogP contribution in [0.15, 0.2) is 78.9 Å². The number of halogens is 1. The first-order valence-electron chi connectivity index (χ1n) is 10.7. The quantitative estimate of drug-likeness (QED) is 0.554. The molecule has 0 radical (unpaired) electrons. The van der Waals surface area contributed by atoms with E-state index in [1.807, 2.05) is 23.1 Å². The number of para-hydroxylation sites is 1. The van der Waals surface area contributed by atoms with Crippen molar-refractivity contribution >= 4 is 27.3 Å². The topological polar surface area (TPSA) is 60.9 Å². The maximum absolute atomic E-state index is 13.2. The molecule has 1 heterocycles. The molecule has 33 heavy (non-hydrogen) atoms. The standard InChI is InChI=1S/C25H26FN3O3S/c1-33(31,32)29(19-20-7-11-22(26)12-8-20)24-13-9-21(10-14-24)25(30)28-17-15-27(16-18-28)23-5-3-2-4-6-23/h2-14H,15-19H2,1H3. The van der Waals surface area contributed by atoms with Crippen molar-refractivity contribution in [2.75, 3.05) is 41.6 Å². The van der Waals surface area contributed by atoms with Crippen LogP contribution in [-0.4, -0.2) is 51.7 Å². The highest BCUT2D eigenvalue weighted by molar-refractivity contribution is 7.92. The van der Waals surface area contributed by atoms with Crippen molar-refractivity contribution in [2.45, 2.75) is 6.54 Å². The first kappa shape index (κ1) is 22.8. The Morgan fingerprint density at radius 1 is 0.879 bits per heavy atom. The second-order valence-electron chi connectivity index (χ2n) is 8.06. The number of piperazine rings is 1. The van der Waals surface area contributed by atoms with Crippen LogP contribution in [0.1, 0.15) is 15.9 Å². The van der Waals surface area contributed by atoms with Crippen molar-refractivity contribution in [3.05, 3.63) is 95.8 Å². The molecule has 0 N–H and O–H groups in total. The minimum absolute atomic E-state index is 0.0706. The van der Waals surface area contributed by atoms with Crippen molar-refractivity contribution in [3.8, 4) is 0 Å². The number of benzene rings is 3. The maximum atomic E-state index is 13.2. The Balaban J connectivity index is 1.44. The van der Waals surface area contributed by atoms with E-state index in [0.29, 0.717) is 29.9 Å². The van der Waals surface area contributed by atoms with Crippen LogP contribution < -0.4 is 9.21 Å². The first-order chi connectivity index (χ1) is 15.8. The van der Waals surface area contributed by atoms with Gasteiger partial charge in [0.05, 0.1) is 18.5 Å². The molecular weight excluding hydrogens is 441 g/mol. The molecule has 6 nitrogen and oxygen atoms in total. The van der Waals surface area contributed by atoms with Gasteiger partial charge in [-0.15, -0.1) is 0 Å². The van der Waals surface area contributed by atoms with E-state index in [1.54, 1.807) is 36.4 Å². The fourth-order valence-electron chi connectivity index (χ4n) is 3.92. The molecule has 0 aliphatic carbocycles. The van der Waals surface area contributed by atoms with Crippen molar-refractivity contribution in [3.63, 3.8) is 0 Å². The van der Waals surface area contributed by atoms with E-state index in [0.717, 1.165) is 25.0 Å². The Kier molecular flexibility index (Phi) is 6.65. The number of amides is 1. The summed E-state index contributed by atoms with van der Waals surface area (Å²) in [5.41, 5.74) is 2.78. The Bertz CT molecular complexity index is 1190. The van der Waals surface area contributed by atoms with E-state index in [1.165, 1.54) is 16.4 Å². The molecule has 0 aromatic heterocycles. The van der Waals surface area contributed by atoms with Gasteiger partial charge >= 0.3 is 0 Å². The van der Waals surface area contributed by atoms with Gasteiger partial charge in [0.1, 0.15) is 5.82 Å². The molecule has 1 saturated heterocycles. The third-order valence-electron chi connectivity index (χ3n) is 5.73. The number of rotatable bonds is 6. The number of hydrogen-bond acceptors (Lipinski definition) is 4. The summed E-state index contributed by atoms with van der Waals surface area (Å²) in [6, 6.07) is 22.4. The lowest BCUT2D eigenvalue weighted by molar-refractivity contribution is 0.0747. The zero-order valence-electron chi connectivity index (χ0n) is 18.4. The lowest BCUT2D eigenvalue weighted by Gasteiger charge is -2.36. The lowest BCUT2D eigenvalue weighted by Crippen LogP contribution is -2.48. The van der Waals surface area contributed by atoms with Crippen LogP contribution in [0.3, 0.4) is 0 Å². The van der Waals surface area contributed by atoms with Gasteiger partial charge in [0.15, 0.2) is 0 Å². The molecule has 4 rings (SSSR count). The van der Waals surface area contributed by atoms with Gasteiger partial charge in [-0.05, 0) is 54.1 Å². The predicted molar refractivity (Wildman–Crippen MR) is 128 cm³/mol. The summed E-state index contributed by atoms with van der Waals surface area (Å²) in [6.45, 7) is 2.83. The van der Waals surface area contributed by atoms with Gasteiger partial charge in [0.25, 0.3) is 5.91 Å². The summed E-state index contributed by atoms with van der Waals surface area (Å²) in [5.74, 6) is -0.448. The molecule has 0 unspecified atom stereocenters. The molecule has 172 valence electrons. The Morgan fingerprint density at radius 2 is 1.48 bits per heavy atom. The highest BCUT2D eigenvalue weighted by atomic mass is 32.2. The molecule has 0 spiro atoms. The summed E-state index contributed by atoms with van der Waals surface area (Å²) in [6.07, 6.45) is 1.13. The van der Waals surface area contributed by atoms with Gasteiger partial charge in [-0.3, -0.25) is 9.10 Å². The molecule has 8 heteroatoms. The van der Waals surface area contributed by atoms with Crippen LogP contribution in [0, 0.1) is 5.82 Å². The van der Waals surface area contributed by atoms with E-state index in [9.17, 15) is 17.6 Å². The molecule has 0 atom stereocenters. The Hall–Kier alpha value is -3.39. The molecule has 0 saturated carbocycles. The minimum Gasteiger partial charge on any atom is -0.368 e. The number of carbonyl (C=O) groups is 1. The molecule has 0 bridgehead atoms. The van der Waals surface area contributed by atoms with Crippen LogP contribution in [0.2, 0.25) is 0 Å². The van der Waals surface area contributed by atoms with Gasteiger partial charge in [0, 0.05) is 37.4 Å². The fraction of sp³-hybridized carbons (Fsp3) is 0.240. The average molecular weight is 468 g/mol. The highest BCUT2D eigenvalue weighted by Crippen LogP contribution is 2.23. The van der Waals surface area contributed by atoms with E-state index < -0.39 is 10.0 Å². The Morgan fingerprint density at radius 3 is 2.06 bits per heavy atom. The molecule has 1 aliphatic rings. The summed E-state index contributed by atoms with van der Waals surface area (Å²) in [5, 5.41) is 0. The van der Waals surface area contributed by atoms with E-state index in [4.69, 9.17) is 0 Å². The van der Waals surface area contributed by atoms with Gasteiger partial charge < -0.3 is 9.80 Å². The number of sulfonamides is 1. The summed E-state index contributed by atoms with van der Waals surface area (Å²) >= 11 is 0. The number of nitrogens with zero attached hydrogens (tertiary/aromatic N) is 3. The van der Waals surface area contributed by atoms with Crippen molar-refractivity contribution in [1.29, 1.82) is 0 Å². The Labute approximate surface area is 193 Å². The van der Waals surface area contributed by atoms with Crippen LogP contribution in [-0.2, 0) is 16.6 Å². The van der Waals surface area contributed by atoms with Crippen LogP contribution >= 0.6 is 0 Å². The molecule has 3 aromatic rings. The third kappa shape index (κ3) is 5.51. The lowest BCUT2D eigenvalue weighted by atomic mass is 10.1. The van der Waals surface area contributed by atoms with E-state index in [2.05, 4.69) is 17.0 Å². The molecule has 1 fully saturated rings. The molecule has 3 aromatic carbocycles. The second kappa shape index (κ2) is 9.62. The maximum Gasteiger partial charge on any atom is 0.253 e. The molecule has 1 amide bonds.